The molecule has 0 bridgehead atoms. The van der Waals surface area contributed by atoms with E-state index in [1.165, 1.54) is 50.9 Å². The molecule has 10 rings (SSSR count). The van der Waals surface area contributed by atoms with Crippen molar-refractivity contribution in [3.63, 3.8) is 0 Å². The van der Waals surface area contributed by atoms with Crippen LogP contribution in [0, 0.1) is 27.7 Å². The van der Waals surface area contributed by atoms with Crippen LogP contribution in [0.1, 0.15) is 54.9 Å². The molecular formula is C68H52N8O4RuS2. The zero-order valence-corrected chi connectivity index (χ0v) is 48.8. The number of aryl methyl sites for hydroxylation is 4. The molecule has 0 fully saturated rings. The Hall–Kier alpha value is -9.93. The number of rotatable bonds is 14. The number of benzene rings is 6. The van der Waals surface area contributed by atoms with Gasteiger partial charge in [-0.15, -0.1) is 0 Å². The number of carboxylic acid groups (broad SMARTS) is 1. The number of pyridine rings is 4. The van der Waals surface area contributed by atoms with Crippen LogP contribution in [-0.2, 0) is 29.1 Å². The van der Waals surface area contributed by atoms with E-state index in [4.69, 9.17) is 35.4 Å². The van der Waals surface area contributed by atoms with Crippen LogP contribution in [0.4, 0.5) is 34.1 Å². The zero-order chi connectivity index (χ0) is 58.4. The molecule has 0 aliphatic carbocycles. The third-order valence-corrected chi connectivity index (χ3v) is 12.6. The van der Waals surface area contributed by atoms with Gasteiger partial charge in [0, 0.05) is 46.5 Å². The zero-order valence-electron chi connectivity index (χ0n) is 45.4. The molecule has 0 radical (unpaired) electrons. The first-order valence-electron chi connectivity index (χ1n) is 25.4. The van der Waals surface area contributed by atoms with E-state index in [9.17, 15) is 9.90 Å². The van der Waals surface area contributed by atoms with Crippen LogP contribution >= 0.6 is 24.4 Å². The fourth-order valence-corrected chi connectivity index (χ4v) is 8.55. The van der Waals surface area contributed by atoms with Gasteiger partial charge in [0.2, 0.25) is 0 Å². The van der Waals surface area contributed by atoms with Gasteiger partial charge < -0.3 is 25.7 Å². The van der Waals surface area contributed by atoms with E-state index < -0.39 is 5.97 Å². The largest absolute Gasteiger partial charge is 2.00 e. The summed E-state index contributed by atoms with van der Waals surface area (Å²) >= 11 is 7.40. The quantitative estimate of drug-likeness (QED) is 0.0621. The second-order valence-electron chi connectivity index (χ2n) is 18.4. The number of anilines is 6. The van der Waals surface area contributed by atoms with Gasteiger partial charge in [0.1, 0.15) is 0 Å². The van der Waals surface area contributed by atoms with Crippen LogP contribution in [0.5, 0.6) is 0 Å². The third kappa shape index (κ3) is 17.5. The van der Waals surface area contributed by atoms with Gasteiger partial charge in [-0.3, -0.25) is 9.97 Å². The molecule has 83 heavy (non-hydrogen) atoms. The van der Waals surface area contributed by atoms with Crippen molar-refractivity contribution in [2.75, 3.05) is 9.80 Å². The smallest absolute Gasteiger partial charge is 0.753 e. The molecule has 0 saturated carbocycles. The molecule has 6 aromatic carbocycles. The summed E-state index contributed by atoms with van der Waals surface area (Å²) in [7, 11) is 0. The topological polar surface area (TPSA) is 174 Å². The average Bonchev–Trinajstić information content (AvgIpc) is 3.58. The molecule has 12 nitrogen and oxygen atoms in total. The standard InChI is InChI=1S/C65H52N6O2.2CNS.CO2.Ru/c1-44-8-24-53(25-9-44)70(54-26-10-45(2)11-27-54)57-32-20-48(21-33-57)16-18-50-36-38-66-61(40-50)64-42-51(41-63(69-64)60-7-5-6-59(68-60)62-43-52(65(72)73)37-39-67-62)19-17-49-22-34-58(35-23-49)71(55-28-12-46(3)13-29-55)56-30-14-47(4)15-31-56;3*2-1-3;/h5-43H,1-4H3,(H,72,73);;;;/q;2*-1;;+2/b18-16+,19-17+;;;;. The Morgan fingerprint density at radius 2 is 0.711 bits per heavy atom. The average molecular weight is 1210 g/mol. The minimum atomic E-state index is -1.03. The van der Waals surface area contributed by atoms with Crippen molar-refractivity contribution >= 4 is 105 Å². The van der Waals surface area contributed by atoms with Gasteiger partial charge in [-0.1, -0.05) is 150 Å². The van der Waals surface area contributed by atoms with E-state index in [1.54, 1.807) is 6.20 Å². The molecule has 10 aromatic rings. The second-order valence-corrected chi connectivity index (χ2v) is 18.8. The van der Waals surface area contributed by atoms with Crippen molar-refractivity contribution in [1.82, 2.24) is 19.9 Å². The number of hydrogen-bond acceptors (Lipinski definition) is 11. The molecule has 0 unspecified atom stereocenters. The number of carbonyl (C=O) groups excluding carboxylic acids is 2. The molecule has 0 aliphatic heterocycles. The van der Waals surface area contributed by atoms with Crippen LogP contribution in [0.25, 0.3) is 69.3 Å². The Morgan fingerprint density at radius 3 is 1.10 bits per heavy atom. The fraction of sp³-hybridized carbons (Fsp3) is 0.0588. The third-order valence-electron chi connectivity index (χ3n) is 12.6. The van der Waals surface area contributed by atoms with Gasteiger partial charge in [-0.05, 0) is 171 Å². The number of aromatic carboxylic acids is 1. The Bertz CT molecular complexity index is 3830. The van der Waals surface area contributed by atoms with Gasteiger partial charge in [0.25, 0.3) is 0 Å². The normalized spacial score (nSPS) is 10.2. The first-order chi connectivity index (χ1) is 39.8. The predicted octanol–water partition coefficient (Wildman–Crippen LogP) is 17.2. The second kappa shape index (κ2) is 31.2. The van der Waals surface area contributed by atoms with Crippen LogP contribution < -0.4 is 9.80 Å². The molecule has 4 heterocycles. The summed E-state index contributed by atoms with van der Waals surface area (Å²) in [5.41, 5.74) is 19.0. The predicted molar refractivity (Wildman–Crippen MR) is 337 cm³/mol. The number of carbonyl (C=O) groups is 1. The van der Waals surface area contributed by atoms with E-state index in [2.05, 4.69) is 237 Å². The van der Waals surface area contributed by atoms with E-state index >= 15 is 0 Å². The van der Waals surface area contributed by atoms with E-state index in [1.807, 2.05) is 42.5 Å². The molecule has 0 spiro atoms. The summed E-state index contributed by atoms with van der Waals surface area (Å²) in [6.07, 6.45) is 11.9. The number of hydrogen-bond donors (Lipinski definition) is 1. The van der Waals surface area contributed by atoms with Crippen LogP contribution in [-0.4, -0.2) is 47.5 Å². The maximum atomic E-state index is 11.8. The van der Waals surface area contributed by atoms with Gasteiger partial charge >= 0.3 is 31.6 Å². The summed E-state index contributed by atoms with van der Waals surface area (Å²) in [5, 5.41) is 26.6. The minimum absolute atomic E-state index is 0. The molecular weight excluding hydrogens is 1160 g/mol. The Morgan fingerprint density at radius 1 is 0.422 bits per heavy atom. The van der Waals surface area contributed by atoms with E-state index in [-0.39, 0.29) is 31.2 Å². The number of isothiocyanates is 2. The van der Waals surface area contributed by atoms with Crippen LogP contribution in [0.3, 0.4) is 0 Å². The number of carboxylic acids is 1. The molecule has 0 atom stereocenters. The summed E-state index contributed by atoms with van der Waals surface area (Å²) in [4.78, 5) is 52.0. The maximum absolute atomic E-state index is 11.8. The molecule has 408 valence electrons. The van der Waals surface area contributed by atoms with E-state index in [0.29, 0.717) is 34.2 Å². The minimum Gasteiger partial charge on any atom is -0.753 e. The summed E-state index contributed by atoms with van der Waals surface area (Å²) in [6, 6.07) is 68.2. The Kier molecular flexibility index (Phi) is 23.4. The molecule has 0 amide bonds. The van der Waals surface area contributed by atoms with Gasteiger partial charge in [-0.2, -0.15) is 19.9 Å². The Balaban J connectivity index is 0.00000104. The van der Waals surface area contributed by atoms with Crippen LogP contribution in [0.15, 0.2) is 213 Å². The van der Waals surface area contributed by atoms with Crippen molar-refractivity contribution in [3.05, 3.63) is 273 Å². The van der Waals surface area contributed by atoms with Gasteiger partial charge in [0.05, 0.1) is 39.7 Å². The maximum Gasteiger partial charge on any atom is 2.00 e. The fourth-order valence-electron chi connectivity index (χ4n) is 8.55. The summed E-state index contributed by atoms with van der Waals surface area (Å²) < 4.78 is 0. The molecule has 0 aliphatic rings. The number of thiocarbonyl (C=S) groups is 2. The van der Waals surface area contributed by atoms with Crippen LogP contribution in [0.2, 0.25) is 0 Å². The summed E-state index contributed by atoms with van der Waals surface area (Å²) in [6.45, 7) is 8.41. The van der Waals surface area contributed by atoms with Crippen molar-refractivity contribution in [2.45, 2.75) is 27.7 Å². The number of nitrogens with zero attached hydrogens (tertiary/aromatic N) is 8. The van der Waals surface area contributed by atoms with E-state index in [0.717, 1.165) is 56.4 Å². The molecule has 4 aromatic heterocycles. The SMILES string of the molecule is Cc1ccc(N(c2ccc(C)cc2)c2ccc(/C=C/c3ccnc(-c4cc(/C=C/c5ccc(N(c6ccc(C)cc6)c6ccc(C)cc6)cc5)cc(-c5cccc(-c6cc(C(=O)O)ccn6)n5)n4)c3)cc2)cc1.O=C=O.[N-]=C=S.[N-]=C=S.[Ru+2]. The van der Waals surface area contributed by atoms with Crippen molar-refractivity contribution in [3.8, 4) is 34.2 Å². The monoisotopic (exact) mass is 1210 g/mol. The first-order valence-corrected chi connectivity index (χ1v) is 26.3. The number of aromatic nitrogens is 4. The van der Waals surface area contributed by atoms with Crippen molar-refractivity contribution < 1.29 is 39.0 Å². The van der Waals surface area contributed by atoms with Gasteiger partial charge in [-0.25, -0.2) is 14.8 Å². The molecule has 15 heteroatoms. The first kappa shape index (κ1) is 62.3. The van der Waals surface area contributed by atoms with Gasteiger partial charge in [0.15, 0.2) is 0 Å². The van der Waals surface area contributed by atoms with Crippen molar-refractivity contribution in [2.24, 2.45) is 0 Å². The van der Waals surface area contributed by atoms with Crippen molar-refractivity contribution in [1.29, 1.82) is 0 Å². The summed E-state index contributed by atoms with van der Waals surface area (Å²) in [5.74, 6) is -1.03. The molecule has 0 saturated heterocycles. The molecule has 1 N–H and O–H groups in total. The Labute approximate surface area is 506 Å².